The number of carbonyl (C=O) groups excluding carboxylic acids is 1. The summed E-state index contributed by atoms with van der Waals surface area (Å²) in [5.74, 6) is 1.13. The van der Waals surface area contributed by atoms with E-state index in [2.05, 4.69) is 15.3 Å². The Bertz CT molecular complexity index is 828. The highest BCUT2D eigenvalue weighted by Gasteiger charge is 2.27. The molecule has 26 heavy (non-hydrogen) atoms. The van der Waals surface area contributed by atoms with Gasteiger partial charge in [0.15, 0.2) is 11.5 Å². The average Bonchev–Trinajstić information content (AvgIpc) is 2.67. The van der Waals surface area contributed by atoms with Crippen molar-refractivity contribution in [1.82, 2.24) is 15.3 Å². The molecule has 0 aliphatic heterocycles. The third kappa shape index (κ3) is 3.96. The number of carbonyl (C=O) groups is 1. The van der Waals surface area contributed by atoms with Crippen molar-refractivity contribution in [3.05, 3.63) is 28.8 Å². The number of H-pyrrole nitrogens is 1. The minimum atomic E-state index is -0.220. The monoisotopic (exact) mass is 360 g/mol. The topological polar surface area (TPSA) is 119 Å². The molecule has 0 bridgehead atoms. The van der Waals surface area contributed by atoms with Crippen LogP contribution in [0.5, 0.6) is 11.5 Å². The number of amides is 1. The summed E-state index contributed by atoms with van der Waals surface area (Å²) in [5.41, 5.74) is 5.75. The normalized spacial score (nSPS) is 19.9. The van der Waals surface area contributed by atoms with Gasteiger partial charge in [-0.05, 0) is 31.7 Å². The Kier molecular flexibility index (Phi) is 5.72. The Hall–Kier alpha value is -2.61. The van der Waals surface area contributed by atoms with E-state index in [1.54, 1.807) is 19.2 Å². The van der Waals surface area contributed by atoms with Crippen molar-refractivity contribution in [1.29, 1.82) is 0 Å². The fourth-order valence-electron chi connectivity index (χ4n) is 3.29. The molecule has 4 N–H and O–H groups in total. The first-order valence-corrected chi connectivity index (χ1v) is 8.82. The molecule has 1 aliphatic rings. The Morgan fingerprint density at radius 3 is 2.77 bits per heavy atom. The van der Waals surface area contributed by atoms with Crippen LogP contribution in [-0.4, -0.2) is 42.2 Å². The number of fused-ring (bicyclic) bond motifs is 1. The van der Waals surface area contributed by atoms with Gasteiger partial charge in [0.1, 0.15) is 0 Å². The van der Waals surface area contributed by atoms with Crippen LogP contribution in [0, 0.1) is 5.92 Å². The van der Waals surface area contributed by atoms with Crippen molar-refractivity contribution in [2.45, 2.75) is 31.8 Å². The maximum Gasteiger partial charge on any atom is 0.258 e. The SMILES string of the molecule is COc1cc2nc[nH]c(=O)c2cc1OC1CCC(C(=O)NCCN)CC1. The van der Waals surface area contributed by atoms with Crippen molar-refractivity contribution in [3.8, 4) is 11.5 Å². The van der Waals surface area contributed by atoms with Gasteiger partial charge in [-0.1, -0.05) is 0 Å². The summed E-state index contributed by atoms with van der Waals surface area (Å²) in [6.45, 7) is 0.950. The zero-order chi connectivity index (χ0) is 18.5. The number of aromatic amines is 1. The first-order valence-electron chi connectivity index (χ1n) is 8.82. The van der Waals surface area contributed by atoms with Crippen LogP contribution >= 0.6 is 0 Å². The van der Waals surface area contributed by atoms with Crippen LogP contribution < -0.4 is 26.1 Å². The predicted octanol–water partition coefficient (Wildman–Crippen LogP) is 0.944. The van der Waals surface area contributed by atoms with Crippen LogP contribution in [0.4, 0.5) is 0 Å². The molecule has 3 rings (SSSR count). The molecule has 1 amide bonds. The molecule has 1 aromatic carbocycles. The first-order chi connectivity index (χ1) is 12.6. The number of methoxy groups -OCH3 is 1. The minimum Gasteiger partial charge on any atom is -0.493 e. The Labute approximate surface area is 151 Å². The molecule has 0 unspecified atom stereocenters. The van der Waals surface area contributed by atoms with Crippen LogP contribution in [0.2, 0.25) is 0 Å². The quantitative estimate of drug-likeness (QED) is 0.705. The second kappa shape index (κ2) is 8.18. The zero-order valence-corrected chi connectivity index (χ0v) is 14.8. The maximum absolute atomic E-state index is 12.0. The van der Waals surface area contributed by atoms with Crippen molar-refractivity contribution < 1.29 is 14.3 Å². The standard InChI is InChI=1S/C18H24N4O4/c1-25-15-9-14-13(18(24)22-10-21-14)8-16(15)26-12-4-2-11(3-5-12)17(23)20-7-6-19/h8-12H,2-7,19H2,1H3,(H,20,23)(H,21,22,24). The lowest BCUT2D eigenvalue weighted by Crippen LogP contribution is -2.37. The number of rotatable bonds is 6. The highest BCUT2D eigenvalue weighted by Crippen LogP contribution is 2.34. The number of hydrogen-bond donors (Lipinski definition) is 3. The van der Waals surface area contributed by atoms with Gasteiger partial charge in [0.05, 0.1) is 30.4 Å². The lowest BCUT2D eigenvalue weighted by atomic mass is 9.86. The van der Waals surface area contributed by atoms with E-state index in [1.165, 1.54) is 6.33 Å². The molecule has 0 atom stereocenters. The molecule has 8 nitrogen and oxygen atoms in total. The van der Waals surface area contributed by atoms with E-state index >= 15 is 0 Å². The van der Waals surface area contributed by atoms with Gasteiger partial charge >= 0.3 is 0 Å². The summed E-state index contributed by atoms with van der Waals surface area (Å²) in [7, 11) is 1.56. The third-order valence-electron chi connectivity index (χ3n) is 4.71. The first kappa shape index (κ1) is 18.2. The average molecular weight is 360 g/mol. The number of ether oxygens (including phenoxy) is 2. The van der Waals surface area contributed by atoms with Gasteiger partial charge in [0.2, 0.25) is 5.91 Å². The molecule has 0 spiro atoms. The molecule has 1 aliphatic carbocycles. The summed E-state index contributed by atoms with van der Waals surface area (Å²) in [6.07, 6.45) is 4.41. The molecule has 2 aromatic rings. The van der Waals surface area contributed by atoms with Crippen molar-refractivity contribution >= 4 is 16.8 Å². The van der Waals surface area contributed by atoms with Crippen LogP contribution in [0.25, 0.3) is 10.9 Å². The van der Waals surface area contributed by atoms with Gasteiger partial charge in [0, 0.05) is 25.1 Å². The fourth-order valence-corrected chi connectivity index (χ4v) is 3.29. The van der Waals surface area contributed by atoms with E-state index in [-0.39, 0.29) is 23.5 Å². The van der Waals surface area contributed by atoms with Gasteiger partial charge in [-0.15, -0.1) is 0 Å². The van der Waals surface area contributed by atoms with E-state index in [0.29, 0.717) is 35.5 Å². The van der Waals surface area contributed by atoms with Crippen molar-refractivity contribution in [2.75, 3.05) is 20.2 Å². The zero-order valence-electron chi connectivity index (χ0n) is 14.8. The van der Waals surface area contributed by atoms with Crippen molar-refractivity contribution in [2.24, 2.45) is 11.7 Å². The lowest BCUT2D eigenvalue weighted by Gasteiger charge is -2.28. The Balaban J connectivity index is 1.69. The minimum absolute atomic E-state index is 0.00643. The smallest absolute Gasteiger partial charge is 0.258 e. The van der Waals surface area contributed by atoms with Crippen LogP contribution in [0.15, 0.2) is 23.3 Å². The molecule has 8 heteroatoms. The number of benzene rings is 1. The Morgan fingerprint density at radius 2 is 2.08 bits per heavy atom. The van der Waals surface area contributed by atoms with Crippen LogP contribution in [0.3, 0.4) is 0 Å². The van der Waals surface area contributed by atoms with E-state index in [1.807, 2.05) is 0 Å². The molecule has 1 heterocycles. The number of nitrogens with zero attached hydrogens (tertiary/aromatic N) is 1. The molecule has 1 fully saturated rings. The summed E-state index contributed by atoms with van der Waals surface area (Å²) in [6, 6.07) is 3.37. The molecular weight excluding hydrogens is 336 g/mol. The lowest BCUT2D eigenvalue weighted by molar-refractivity contribution is -0.126. The second-order valence-corrected chi connectivity index (χ2v) is 6.42. The highest BCUT2D eigenvalue weighted by molar-refractivity contribution is 5.81. The molecule has 1 saturated carbocycles. The van der Waals surface area contributed by atoms with Gasteiger partial charge in [0.25, 0.3) is 5.56 Å². The molecule has 0 saturated heterocycles. The van der Waals surface area contributed by atoms with E-state index in [0.717, 1.165) is 25.7 Å². The fraction of sp³-hybridized carbons (Fsp3) is 0.500. The molecule has 0 radical (unpaired) electrons. The van der Waals surface area contributed by atoms with Crippen LogP contribution in [-0.2, 0) is 4.79 Å². The van der Waals surface area contributed by atoms with Crippen molar-refractivity contribution in [3.63, 3.8) is 0 Å². The summed E-state index contributed by atoms with van der Waals surface area (Å²) in [4.78, 5) is 30.7. The molecule has 1 aromatic heterocycles. The summed E-state index contributed by atoms with van der Waals surface area (Å²) < 4.78 is 11.5. The van der Waals surface area contributed by atoms with E-state index in [4.69, 9.17) is 15.2 Å². The molecule has 140 valence electrons. The number of hydrogen-bond acceptors (Lipinski definition) is 6. The van der Waals surface area contributed by atoms with E-state index < -0.39 is 0 Å². The maximum atomic E-state index is 12.0. The number of aromatic nitrogens is 2. The van der Waals surface area contributed by atoms with E-state index in [9.17, 15) is 9.59 Å². The largest absolute Gasteiger partial charge is 0.493 e. The highest BCUT2D eigenvalue weighted by atomic mass is 16.5. The van der Waals surface area contributed by atoms with Gasteiger partial charge in [-0.3, -0.25) is 9.59 Å². The second-order valence-electron chi connectivity index (χ2n) is 6.42. The van der Waals surface area contributed by atoms with Crippen LogP contribution in [0.1, 0.15) is 25.7 Å². The van der Waals surface area contributed by atoms with Gasteiger partial charge in [-0.25, -0.2) is 4.98 Å². The number of nitrogens with one attached hydrogen (secondary N) is 2. The summed E-state index contributed by atoms with van der Waals surface area (Å²) >= 11 is 0. The molecular formula is C18H24N4O4. The predicted molar refractivity (Wildman–Crippen MR) is 97.4 cm³/mol. The summed E-state index contributed by atoms with van der Waals surface area (Å²) in [5, 5.41) is 3.30. The van der Waals surface area contributed by atoms with Gasteiger partial charge in [-0.2, -0.15) is 0 Å². The third-order valence-corrected chi connectivity index (χ3v) is 4.71. The Morgan fingerprint density at radius 1 is 1.31 bits per heavy atom. The number of nitrogens with two attached hydrogens (primary N) is 1. The van der Waals surface area contributed by atoms with Gasteiger partial charge < -0.3 is 25.5 Å².